The van der Waals surface area contributed by atoms with Crippen molar-refractivity contribution in [1.29, 1.82) is 0 Å². The topological polar surface area (TPSA) is 72.4 Å². The van der Waals surface area contributed by atoms with E-state index >= 15 is 0 Å². The molecule has 0 aliphatic heterocycles. The van der Waals surface area contributed by atoms with Crippen molar-refractivity contribution in [3.8, 4) is 0 Å². The standard InChI is InChI=1S/C2H7O4P.2Li/c1-6-2-7(3,4)5;;/h2H2,1H3,(H2,3,4,5);;/q;2*+1/p-2. The van der Waals surface area contributed by atoms with Gasteiger partial charge in [-0.1, -0.05) is 0 Å². The molecule has 0 aromatic carbocycles. The number of methoxy groups -OCH3 is 1. The van der Waals surface area contributed by atoms with Gasteiger partial charge >= 0.3 is 37.7 Å². The Labute approximate surface area is 77.9 Å². The molecule has 4 nitrogen and oxygen atoms in total. The summed E-state index contributed by atoms with van der Waals surface area (Å²) in [5.41, 5.74) is 0. The fraction of sp³-hybridized carbons (Fsp3) is 1.00. The molecule has 0 bridgehead atoms. The smallest absolute Gasteiger partial charge is 0.809 e. The molecule has 0 heterocycles. The number of hydrogen-bond acceptors (Lipinski definition) is 4. The molecule has 9 heavy (non-hydrogen) atoms. The van der Waals surface area contributed by atoms with E-state index in [1.54, 1.807) is 0 Å². The maximum Gasteiger partial charge on any atom is 1.00 e. The van der Waals surface area contributed by atoms with E-state index in [9.17, 15) is 14.4 Å². The van der Waals surface area contributed by atoms with Crippen LogP contribution in [0.3, 0.4) is 0 Å². The minimum Gasteiger partial charge on any atom is -0.809 e. The van der Waals surface area contributed by atoms with Crippen LogP contribution in [0.4, 0.5) is 0 Å². The van der Waals surface area contributed by atoms with Gasteiger partial charge in [-0.2, -0.15) is 0 Å². The molecule has 44 valence electrons. The summed E-state index contributed by atoms with van der Waals surface area (Å²) in [7, 11) is -3.23. The van der Waals surface area contributed by atoms with E-state index in [1.807, 2.05) is 0 Å². The zero-order valence-corrected chi connectivity index (χ0v) is 6.68. The molecule has 0 aliphatic carbocycles. The SMILES string of the molecule is COCP(=O)([O-])[O-].[Li+].[Li+]. The molecule has 0 amide bonds. The van der Waals surface area contributed by atoms with E-state index in [2.05, 4.69) is 4.74 Å². The minimum absolute atomic E-state index is 0. The van der Waals surface area contributed by atoms with E-state index in [1.165, 1.54) is 0 Å². The van der Waals surface area contributed by atoms with Gasteiger partial charge in [0.05, 0.1) is 6.35 Å². The van der Waals surface area contributed by atoms with E-state index in [0.29, 0.717) is 0 Å². The Bertz CT molecular complexity index is 90.6. The number of ether oxygens (including phenoxy) is 1. The maximum absolute atomic E-state index is 9.58. The number of rotatable bonds is 2. The molecule has 0 fully saturated rings. The third kappa shape index (κ3) is 17.6. The largest absolute Gasteiger partial charge is 1.00 e. The second-order valence-corrected chi connectivity index (χ2v) is 2.51. The Morgan fingerprint density at radius 3 is 1.78 bits per heavy atom. The first-order valence-corrected chi connectivity index (χ1v) is 3.29. The Hall–Kier alpha value is 1.30. The van der Waals surface area contributed by atoms with Crippen LogP contribution in [0, 0.1) is 0 Å². The van der Waals surface area contributed by atoms with Crippen LogP contribution < -0.4 is 47.5 Å². The Balaban J connectivity index is -0.000000180. The number of hydrogen-bond donors (Lipinski definition) is 0. The molecule has 0 saturated carbocycles. The second kappa shape index (κ2) is 7.41. The molecule has 0 atom stereocenters. The summed E-state index contributed by atoms with van der Waals surface area (Å²) >= 11 is 0. The van der Waals surface area contributed by atoms with Crippen molar-refractivity contribution in [3.05, 3.63) is 0 Å². The third-order valence-corrected chi connectivity index (χ3v) is 0.862. The van der Waals surface area contributed by atoms with Gasteiger partial charge in [-0.05, 0) is 7.60 Å². The van der Waals surface area contributed by atoms with Crippen molar-refractivity contribution in [3.63, 3.8) is 0 Å². The van der Waals surface area contributed by atoms with Crippen LogP contribution in [0.1, 0.15) is 0 Å². The van der Waals surface area contributed by atoms with Gasteiger partial charge in [-0.15, -0.1) is 0 Å². The monoisotopic (exact) mass is 138 g/mol. The van der Waals surface area contributed by atoms with Gasteiger partial charge < -0.3 is 19.1 Å². The minimum atomic E-state index is -4.39. The van der Waals surface area contributed by atoms with Crippen molar-refractivity contribution in [1.82, 2.24) is 0 Å². The van der Waals surface area contributed by atoms with Crippen LogP contribution in [0.2, 0.25) is 0 Å². The average molecular weight is 138 g/mol. The summed E-state index contributed by atoms with van der Waals surface area (Å²) < 4.78 is 13.6. The zero-order valence-electron chi connectivity index (χ0n) is 5.79. The molecule has 0 aromatic rings. The molecule has 0 aromatic heterocycles. The van der Waals surface area contributed by atoms with Crippen LogP contribution in [-0.2, 0) is 9.30 Å². The van der Waals surface area contributed by atoms with Crippen molar-refractivity contribution in [2.45, 2.75) is 0 Å². The van der Waals surface area contributed by atoms with Crippen molar-refractivity contribution in [2.75, 3.05) is 13.5 Å². The predicted molar refractivity (Wildman–Crippen MR) is 19.5 cm³/mol. The van der Waals surface area contributed by atoms with Gasteiger partial charge in [-0.25, -0.2) is 0 Å². The van der Waals surface area contributed by atoms with Crippen LogP contribution in [-0.4, -0.2) is 13.5 Å². The van der Waals surface area contributed by atoms with Gasteiger partial charge in [0.25, 0.3) is 0 Å². The Morgan fingerprint density at radius 1 is 1.44 bits per heavy atom. The van der Waals surface area contributed by atoms with Crippen LogP contribution in [0.25, 0.3) is 0 Å². The van der Waals surface area contributed by atoms with E-state index in [0.717, 1.165) is 7.11 Å². The van der Waals surface area contributed by atoms with Crippen molar-refractivity contribution in [2.24, 2.45) is 0 Å². The van der Waals surface area contributed by atoms with Gasteiger partial charge in [0.2, 0.25) is 0 Å². The second-order valence-electron chi connectivity index (χ2n) is 1.03. The predicted octanol–water partition coefficient (Wildman–Crippen LogP) is -7.49. The fourth-order valence-corrected chi connectivity index (χ4v) is 0.474. The summed E-state index contributed by atoms with van der Waals surface area (Å²) in [5, 5.41) is 0. The zero-order chi connectivity index (χ0) is 5.91. The first-order valence-electron chi connectivity index (χ1n) is 1.56. The molecule has 0 unspecified atom stereocenters. The Kier molecular flexibility index (Phi) is 13.8. The van der Waals surface area contributed by atoms with Gasteiger partial charge in [-0.3, -0.25) is 0 Å². The van der Waals surface area contributed by atoms with Gasteiger partial charge in [0.1, 0.15) is 0 Å². The quantitative estimate of drug-likeness (QED) is 0.280. The summed E-state index contributed by atoms with van der Waals surface area (Å²) in [6.45, 7) is 0. The average Bonchev–Trinajstić information content (AvgIpc) is 1.30. The van der Waals surface area contributed by atoms with E-state index < -0.39 is 13.9 Å². The molecule has 0 saturated heterocycles. The van der Waals surface area contributed by atoms with Gasteiger partial charge in [0.15, 0.2) is 0 Å². The van der Waals surface area contributed by atoms with Crippen LogP contribution >= 0.6 is 7.60 Å². The Morgan fingerprint density at radius 2 is 1.78 bits per heavy atom. The first-order chi connectivity index (χ1) is 3.06. The molecule has 0 rings (SSSR count). The third-order valence-electron chi connectivity index (χ3n) is 0.287. The van der Waals surface area contributed by atoms with Crippen molar-refractivity contribution >= 4 is 7.60 Å². The van der Waals surface area contributed by atoms with E-state index in [-0.39, 0.29) is 37.7 Å². The molecular weight excluding hydrogens is 133 g/mol. The molecule has 0 spiro atoms. The summed E-state index contributed by atoms with van der Waals surface area (Å²) in [6.07, 6.45) is -0.715. The molecular formula is C2H5Li2O4P. The molecule has 7 heteroatoms. The van der Waals surface area contributed by atoms with Crippen molar-refractivity contribution < 1.29 is 56.8 Å². The maximum atomic E-state index is 9.58. The normalized spacial score (nSPS) is 9.22. The van der Waals surface area contributed by atoms with E-state index in [4.69, 9.17) is 0 Å². The molecule has 0 N–H and O–H groups in total. The fourth-order valence-electron chi connectivity index (χ4n) is 0.158. The summed E-state index contributed by atoms with van der Waals surface area (Å²) in [4.78, 5) is 19.2. The summed E-state index contributed by atoms with van der Waals surface area (Å²) in [5.74, 6) is 0. The molecule has 0 aliphatic rings. The molecule has 0 radical (unpaired) electrons. The van der Waals surface area contributed by atoms with Crippen LogP contribution in [0.15, 0.2) is 0 Å². The first kappa shape index (κ1) is 16.7. The van der Waals surface area contributed by atoms with Crippen LogP contribution in [0.5, 0.6) is 0 Å². The summed E-state index contributed by atoms with van der Waals surface area (Å²) in [6, 6.07) is 0. The van der Waals surface area contributed by atoms with Gasteiger partial charge in [0, 0.05) is 7.11 Å².